The Labute approximate surface area is 173 Å². The van der Waals surface area contributed by atoms with Gasteiger partial charge in [0, 0.05) is 16.7 Å². The Balaban J connectivity index is 1.81. The fraction of sp³-hybridized carbons (Fsp3) is 0.316. The lowest BCUT2D eigenvalue weighted by molar-refractivity contribution is -0.120. The molecule has 8 heteroatoms. The van der Waals surface area contributed by atoms with E-state index in [1.807, 2.05) is 12.1 Å². The molecule has 2 aromatic carbocycles. The zero-order chi connectivity index (χ0) is 19.3. The maximum atomic E-state index is 13.1. The van der Waals surface area contributed by atoms with Crippen LogP contribution in [-0.4, -0.2) is 40.1 Å². The molecule has 1 heterocycles. The molecule has 144 valence electrons. The number of carbonyl (C=O) groups is 1. The first-order chi connectivity index (χ1) is 13.0. The molecule has 0 radical (unpaired) electrons. The predicted molar refractivity (Wildman–Crippen MR) is 112 cm³/mol. The number of benzene rings is 2. The van der Waals surface area contributed by atoms with E-state index in [0.29, 0.717) is 18.8 Å². The lowest BCUT2D eigenvalue weighted by atomic mass is 10.2. The van der Waals surface area contributed by atoms with Crippen molar-refractivity contribution in [2.75, 3.05) is 24.0 Å². The van der Waals surface area contributed by atoms with Crippen LogP contribution in [0.4, 0.5) is 5.69 Å². The topological polar surface area (TPSA) is 75.7 Å². The molecule has 1 N–H and O–H groups in total. The average Bonchev–Trinajstić information content (AvgIpc) is 3.19. The van der Waals surface area contributed by atoms with Crippen molar-refractivity contribution in [3.8, 4) is 0 Å². The highest BCUT2D eigenvalue weighted by Gasteiger charge is 2.27. The van der Waals surface area contributed by atoms with Crippen molar-refractivity contribution < 1.29 is 17.9 Å². The zero-order valence-corrected chi connectivity index (χ0v) is 17.6. The molecule has 6 nitrogen and oxygen atoms in total. The lowest BCUT2D eigenvalue weighted by Gasteiger charge is -2.24. The molecular formula is C19H21IN2O4S. The average molecular weight is 500 g/mol. The Kier molecular flexibility index (Phi) is 6.72. The quantitative estimate of drug-likeness (QED) is 0.594. The van der Waals surface area contributed by atoms with Crippen LogP contribution in [0.5, 0.6) is 0 Å². The van der Waals surface area contributed by atoms with Crippen LogP contribution in [0.25, 0.3) is 0 Å². The second-order valence-electron chi connectivity index (χ2n) is 6.24. The minimum absolute atomic E-state index is 0.00596. The van der Waals surface area contributed by atoms with Crippen molar-refractivity contribution >= 4 is 44.2 Å². The summed E-state index contributed by atoms with van der Waals surface area (Å²) in [5.74, 6) is -0.358. The lowest BCUT2D eigenvalue weighted by Crippen LogP contribution is -2.42. The summed E-state index contributed by atoms with van der Waals surface area (Å²) in [5, 5.41) is 2.79. The Morgan fingerprint density at radius 1 is 1.15 bits per heavy atom. The van der Waals surface area contributed by atoms with Crippen LogP contribution >= 0.6 is 22.6 Å². The van der Waals surface area contributed by atoms with E-state index >= 15 is 0 Å². The normalized spacial score (nSPS) is 16.9. The third-order valence-electron chi connectivity index (χ3n) is 4.28. The minimum Gasteiger partial charge on any atom is -0.376 e. The Hall–Kier alpha value is -1.65. The predicted octanol–water partition coefficient (Wildman–Crippen LogP) is 2.78. The summed E-state index contributed by atoms with van der Waals surface area (Å²) in [6.07, 6.45) is 1.90. The molecule has 1 fully saturated rings. The molecule has 0 unspecified atom stereocenters. The molecule has 0 aliphatic carbocycles. The first kappa shape index (κ1) is 20.1. The van der Waals surface area contributed by atoms with Crippen LogP contribution in [0.1, 0.15) is 12.8 Å². The van der Waals surface area contributed by atoms with Gasteiger partial charge >= 0.3 is 0 Å². The molecular weight excluding hydrogens is 479 g/mol. The number of sulfonamides is 1. The molecule has 27 heavy (non-hydrogen) atoms. The smallest absolute Gasteiger partial charge is 0.264 e. The van der Waals surface area contributed by atoms with Crippen LogP contribution < -0.4 is 9.62 Å². The number of nitrogens with one attached hydrogen (secondary N) is 1. The molecule has 0 aromatic heterocycles. The van der Waals surface area contributed by atoms with Gasteiger partial charge in [0.2, 0.25) is 5.91 Å². The first-order valence-corrected chi connectivity index (χ1v) is 11.2. The maximum absolute atomic E-state index is 13.1. The number of hydrogen-bond acceptors (Lipinski definition) is 4. The molecule has 0 spiro atoms. The van der Waals surface area contributed by atoms with Crippen molar-refractivity contribution in [1.29, 1.82) is 0 Å². The van der Waals surface area contributed by atoms with E-state index in [2.05, 4.69) is 27.9 Å². The molecule has 2 aromatic rings. The number of hydrogen-bond donors (Lipinski definition) is 1. The summed E-state index contributed by atoms with van der Waals surface area (Å²) in [5.41, 5.74) is 0.450. The summed E-state index contributed by atoms with van der Waals surface area (Å²) in [4.78, 5) is 12.6. The van der Waals surface area contributed by atoms with Gasteiger partial charge < -0.3 is 10.1 Å². The van der Waals surface area contributed by atoms with E-state index in [-0.39, 0.29) is 23.5 Å². The molecule has 0 saturated carbocycles. The van der Waals surface area contributed by atoms with Gasteiger partial charge in [0.25, 0.3) is 10.0 Å². The van der Waals surface area contributed by atoms with E-state index in [1.54, 1.807) is 30.3 Å². The van der Waals surface area contributed by atoms with Gasteiger partial charge in [-0.05, 0) is 71.8 Å². The van der Waals surface area contributed by atoms with Gasteiger partial charge in [0.1, 0.15) is 6.54 Å². The van der Waals surface area contributed by atoms with Crippen LogP contribution in [-0.2, 0) is 19.6 Å². The standard InChI is InChI=1S/C19H21IN2O4S/c20-15-8-10-16(11-9-15)22(27(24,25)18-6-2-1-3-7-18)14-19(23)21-13-17-5-4-12-26-17/h1-3,6-11,17H,4-5,12-14H2,(H,21,23)/t17-/m0/s1. The van der Waals surface area contributed by atoms with Gasteiger partial charge in [-0.1, -0.05) is 18.2 Å². The minimum atomic E-state index is -3.86. The first-order valence-electron chi connectivity index (χ1n) is 8.68. The van der Waals surface area contributed by atoms with Gasteiger partial charge in [-0.15, -0.1) is 0 Å². The van der Waals surface area contributed by atoms with Crippen LogP contribution in [0, 0.1) is 3.57 Å². The van der Waals surface area contributed by atoms with Crippen molar-refractivity contribution in [2.24, 2.45) is 0 Å². The van der Waals surface area contributed by atoms with Crippen LogP contribution in [0.2, 0.25) is 0 Å². The van der Waals surface area contributed by atoms with Gasteiger partial charge in [-0.2, -0.15) is 0 Å². The van der Waals surface area contributed by atoms with E-state index in [1.165, 1.54) is 12.1 Å². The van der Waals surface area contributed by atoms with E-state index in [4.69, 9.17) is 4.74 Å². The second kappa shape index (κ2) is 9.03. The number of nitrogens with zero attached hydrogens (tertiary/aromatic N) is 1. The Morgan fingerprint density at radius 3 is 2.48 bits per heavy atom. The molecule has 0 bridgehead atoms. The number of rotatable bonds is 7. The number of halogens is 1. The SMILES string of the molecule is O=C(CN(c1ccc(I)cc1)S(=O)(=O)c1ccccc1)NC[C@@H]1CCCO1. The van der Waals surface area contributed by atoms with Crippen LogP contribution in [0.15, 0.2) is 59.5 Å². The highest BCUT2D eigenvalue weighted by Crippen LogP contribution is 2.24. The highest BCUT2D eigenvalue weighted by atomic mass is 127. The molecule has 1 amide bonds. The fourth-order valence-corrected chi connectivity index (χ4v) is 4.66. The highest BCUT2D eigenvalue weighted by molar-refractivity contribution is 14.1. The monoisotopic (exact) mass is 500 g/mol. The summed E-state index contributed by atoms with van der Waals surface area (Å²) in [6, 6.07) is 15.2. The summed E-state index contributed by atoms with van der Waals surface area (Å²) < 4.78 is 33.9. The third-order valence-corrected chi connectivity index (χ3v) is 6.79. The molecule has 3 rings (SSSR count). The Morgan fingerprint density at radius 2 is 1.85 bits per heavy atom. The van der Waals surface area contributed by atoms with Gasteiger partial charge in [-0.25, -0.2) is 8.42 Å². The van der Waals surface area contributed by atoms with Crippen molar-refractivity contribution in [3.63, 3.8) is 0 Å². The summed E-state index contributed by atoms with van der Waals surface area (Å²) in [6.45, 7) is 0.812. The number of anilines is 1. The summed E-state index contributed by atoms with van der Waals surface area (Å²) in [7, 11) is -3.86. The second-order valence-corrected chi connectivity index (χ2v) is 9.35. The third kappa shape index (κ3) is 5.20. The van der Waals surface area contributed by atoms with Crippen molar-refractivity contribution in [1.82, 2.24) is 5.32 Å². The van der Waals surface area contributed by atoms with E-state index < -0.39 is 10.0 Å². The largest absolute Gasteiger partial charge is 0.376 e. The van der Waals surface area contributed by atoms with Crippen molar-refractivity contribution in [2.45, 2.75) is 23.8 Å². The molecule has 1 aliphatic rings. The van der Waals surface area contributed by atoms with Gasteiger partial charge in [0.15, 0.2) is 0 Å². The summed E-state index contributed by atoms with van der Waals surface area (Å²) >= 11 is 2.15. The van der Waals surface area contributed by atoms with Gasteiger partial charge in [0.05, 0.1) is 16.7 Å². The number of ether oxygens (including phenoxy) is 1. The van der Waals surface area contributed by atoms with E-state index in [0.717, 1.165) is 20.7 Å². The fourth-order valence-electron chi connectivity index (χ4n) is 2.86. The number of carbonyl (C=O) groups excluding carboxylic acids is 1. The molecule has 1 aliphatic heterocycles. The van der Waals surface area contributed by atoms with Crippen molar-refractivity contribution in [3.05, 3.63) is 58.2 Å². The molecule has 1 atom stereocenters. The number of amides is 1. The zero-order valence-electron chi connectivity index (χ0n) is 14.7. The maximum Gasteiger partial charge on any atom is 0.264 e. The van der Waals surface area contributed by atoms with E-state index in [9.17, 15) is 13.2 Å². The van der Waals surface area contributed by atoms with Crippen LogP contribution in [0.3, 0.4) is 0 Å². The Bertz CT molecular complexity index is 866. The van der Waals surface area contributed by atoms with Gasteiger partial charge in [-0.3, -0.25) is 9.10 Å². The molecule has 1 saturated heterocycles.